The molecule has 2 aromatic rings. The van der Waals surface area contributed by atoms with Crippen molar-refractivity contribution in [3.63, 3.8) is 0 Å². The lowest BCUT2D eigenvalue weighted by atomic mass is 9.98. The Labute approximate surface area is 165 Å². The Balaban J connectivity index is 2.16. The third-order valence-corrected chi connectivity index (χ3v) is 5.34. The second kappa shape index (κ2) is 8.64. The largest absolute Gasteiger partial charge is 0.464 e. The van der Waals surface area contributed by atoms with Gasteiger partial charge in [0.25, 0.3) is 0 Å². The smallest absolute Gasteiger partial charge is 0.409 e. The summed E-state index contributed by atoms with van der Waals surface area (Å²) in [5.74, 6) is -0.285. The van der Waals surface area contributed by atoms with Gasteiger partial charge in [-0.25, -0.2) is 9.65 Å². The highest BCUT2D eigenvalue weighted by atomic mass is 35.7. The molecule has 0 aliphatic heterocycles. The summed E-state index contributed by atoms with van der Waals surface area (Å²) in [5, 5.41) is 4.40. The molecule has 0 aliphatic carbocycles. The first-order chi connectivity index (χ1) is 12.5. The molecule has 0 aromatic heterocycles. The first-order valence-electron chi connectivity index (χ1n) is 8.90. The van der Waals surface area contributed by atoms with Gasteiger partial charge in [-0.05, 0) is 22.8 Å². The van der Waals surface area contributed by atoms with Gasteiger partial charge >= 0.3 is 12.8 Å². The van der Waals surface area contributed by atoms with Crippen molar-refractivity contribution < 1.29 is 18.6 Å². The summed E-state index contributed by atoms with van der Waals surface area (Å²) in [6, 6.07) is 12.1. The van der Waals surface area contributed by atoms with Gasteiger partial charge in [-0.3, -0.25) is 4.79 Å². The Morgan fingerprint density at radius 3 is 2.41 bits per heavy atom. The fourth-order valence-corrected chi connectivity index (χ4v) is 4.18. The van der Waals surface area contributed by atoms with Crippen LogP contribution in [0.4, 0.5) is 0 Å². The van der Waals surface area contributed by atoms with Crippen molar-refractivity contribution in [1.29, 1.82) is 0 Å². The normalized spacial score (nSPS) is 15.4. The molecule has 0 saturated heterocycles. The van der Waals surface area contributed by atoms with E-state index >= 15 is 0 Å². The number of ether oxygens (including phenoxy) is 1. The first-order valence-corrected chi connectivity index (χ1v) is 11.4. The summed E-state index contributed by atoms with van der Waals surface area (Å²) < 4.78 is 23.8. The number of halogens is 1. The molecule has 2 aromatic carbocycles. The molecule has 0 spiro atoms. The average Bonchev–Trinajstić information content (AvgIpc) is 2.57. The molecule has 5 nitrogen and oxygen atoms in total. The fraction of sp³-hybridized carbons (Fsp3) is 0.450. The van der Waals surface area contributed by atoms with Crippen molar-refractivity contribution in [2.75, 3.05) is 6.61 Å². The lowest BCUT2D eigenvalue weighted by Crippen LogP contribution is -2.41. The summed E-state index contributed by atoms with van der Waals surface area (Å²) in [4.78, 5) is 12.5. The van der Waals surface area contributed by atoms with E-state index in [0.29, 0.717) is 5.75 Å². The number of carbonyl (C=O) groups is 1. The summed E-state index contributed by atoms with van der Waals surface area (Å²) in [6.07, 6.45) is 0. The highest BCUT2D eigenvalue weighted by Gasteiger charge is 2.34. The van der Waals surface area contributed by atoms with Crippen molar-refractivity contribution in [2.45, 2.75) is 40.7 Å². The molecule has 1 N–H and O–H groups in total. The highest BCUT2D eigenvalue weighted by Crippen LogP contribution is 2.50. The molecule has 0 fully saturated rings. The number of rotatable bonds is 7. The minimum atomic E-state index is -3.83. The Morgan fingerprint density at radius 1 is 1.15 bits per heavy atom. The number of hydrogen-bond acceptors (Lipinski definition) is 4. The third kappa shape index (κ3) is 6.53. The van der Waals surface area contributed by atoms with Gasteiger partial charge in [0, 0.05) is 16.6 Å². The molecule has 7 heteroatoms. The van der Waals surface area contributed by atoms with Crippen molar-refractivity contribution in [3.8, 4) is 5.75 Å². The predicted molar refractivity (Wildman–Crippen MR) is 110 cm³/mol. The van der Waals surface area contributed by atoms with E-state index in [2.05, 4.69) is 5.09 Å². The van der Waals surface area contributed by atoms with Crippen LogP contribution in [0, 0.1) is 11.3 Å². The van der Waals surface area contributed by atoms with Gasteiger partial charge in [-0.2, -0.15) is 0 Å². The third-order valence-electron chi connectivity index (χ3n) is 3.83. The van der Waals surface area contributed by atoms with Crippen LogP contribution in [0.15, 0.2) is 42.5 Å². The van der Waals surface area contributed by atoms with E-state index in [-0.39, 0.29) is 17.9 Å². The molecule has 0 amide bonds. The van der Waals surface area contributed by atoms with Gasteiger partial charge in [0.1, 0.15) is 11.8 Å². The maximum atomic E-state index is 12.9. The second-order valence-corrected chi connectivity index (χ2v) is 10.8. The minimum Gasteiger partial charge on any atom is -0.464 e. The Kier molecular flexibility index (Phi) is 6.96. The summed E-state index contributed by atoms with van der Waals surface area (Å²) >= 11 is 6.16. The lowest BCUT2D eigenvalue weighted by molar-refractivity contribution is -0.149. The van der Waals surface area contributed by atoms with Crippen LogP contribution in [-0.4, -0.2) is 18.6 Å². The van der Waals surface area contributed by atoms with Crippen LogP contribution in [0.3, 0.4) is 0 Å². The molecule has 2 atom stereocenters. The number of fused-ring (bicyclic) bond motifs is 1. The van der Waals surface area contributed by atoms with E-state index in [1.54, 1.807) is 12.1 Å². The van der Waals surface area contributed by atoms with E-state index in [4.69, 9.17) is 20.5 Å². The van der Waals surface area contributed by atoms with Crippen LogP contribution in [-0.2, 0) is 14.1 Å². The number of benzene rings is 2. The molecular formula is C20H27ClNO4P. The van der Waals surface area contributed by atoms with E-state index in [1.165, 1.54) is 0 Å². The summed E-state index contributed by atoms with van der Waals surface area (Å²) in [7, 11) is 0. The molecule has 0 saturated carbocycles. The highest BCUT2D eigenvalue weighted by molar-refractivity contribution is 7.84. The molecule has 2 rings (SSSR count). The number of esters is 1. The van der Waals surface area contributed by atoms with E-state index in [1.807, 2.05) is 65.0 Å². The van der Waals surface area contributed by atoms with E-state index in [9.17, 15) is 9.36 Å². The molecule has 0 aliphatic rings. The van der Waals surface area contributed by atoms with Crippen molar-refractivity contribution in [2.24, 2.45) is 11.3 Å². The molecule has 1 unspecified atom stereocenters. The molecule has 27 heavy (non-hydrogen) atoms. The minimum absolute atomic E-state index is 0.165. The predicted octanol–water partition coefficient (Wildman–Crippen LogP) is 5.77. The summed E-state index contributed by atoms with van der Waals surface area (Å²) in [6.45, 7) is 5.98. The maximum Gasteiger partial charge on any atom is 0.409 e. The van der Waals surface area contributed by atoms with Crippen LogP contribution in [0.5, 0.6) is 5.75 Å². The Hall–Kier alpha value is -1.55. The van der Waals surface area contributed by atoms with Gasteiger partial charge in [-0.15, -0.1) is 0 Å². The van der Waals surface area contributed by atoms with Crippen LogP contribution >= 0.6 is 18.1 Å². The number of hydrogen-bond donors (Lipinski definition) is 1. The summed E-state index contributed by atoms with van der Waals surface area (Å²) in [5.41, 5.74) is -0.165. The average molecular weight is 412 g/mol. The van der Waals surface area contributed by atoms with Crippen LogP contribution in [0.25, 0.3) is 10.8 Å². The first kappa shape index (κ1) is 21.7. The van der Waals surface area contributed by atoms with Crippen molar-refractivity contribution in [1.82, 2.24) is 5.09 Å². The van der Waals surface area contributed by atoms with Gasteiger partial charge in [0.15, 0.2) is 0 Å². The van der Waals surface area contributed by atoms with Gasteiger partial charge in [0.05, 0.1) is 6.61 Å². The molecule has 0 heterocycles. The standard InChI is InChI=1S/C20H27ClNO4P/c1-14(2)18(19(23)25-13-20(3,4)5)22-27(21,24)26-17-12-8-10-15-9-6-7-11-16(15)17/h6-12,14,18H,13H2,1-5H3,(H,22,24)/t18-,27?/m0/s1. The molecule has 148 valence electrons. The molecule has 0 radical (unpaired) electrons. The second-order valence-electron chi connectivity index (χ2n) is 8.07. The Bertz CT molecular complexity index is 842. The zero-order valence-electron chi connectivity index (χ0n) is 16.4. The lowest BCUT2D eigenvalue weighted by Gasteiger charge is -2.26. The number of carbonyl (C=O) groups excluding carboxylic acids is 1. The van der Waals surface area contributed by atoms with E-state index < -0.39 is 18.9 Å². The fourth-order valence-electron chi connectivity index (χ4n) is 2.45. The van der Waals surface area contributed by atoms with Gasteiger partial charge in [0.2, 0.25) is 0 Å². The van der Waals surface area contributed by atoms with Gasteiger partial charge < -0.3 is 9.26 Å². The maximum absolute atomic E-state index is 12.9. The van der Waals surface area contributed by atoms with Gasteiger partial charge in [-0.1, -0.05) is 71.0 Å². The molecular weight excluding hydrogens is 385 g/mol. The van der Waals surface area contributed by atoms with Crippen LogP contribution in [0.1, 0.15) is 34.6 Å². The zero-order chi connectivity index (χ0) is 20.2. The monoisotopic (exact) mass is 411 g/mol. The van der Waals surface area contributed by atoms with Crippen LogP contribution < -0.4 is 9.61 Å². The Morgan fingerprint density at radius 2 is 1.78 bits per heavy atom. The van der Waals surface area contributed by atoms with E-state index in [0.717, 1.165) is 10.8 Å². The molecule has 0 bridgehead atoms. The topological polar surface area (TPSA) is 64.6 Å². The SMILES string of the molecule is CC(C)[C@H](NP(=O)(Cl)Oc1cccc2ccccc12)C(=O)OCC(C)(C)C. The quantitative estimate of drug-likeness (QED) is 0.463. The van der Waals surface area contributed by atoms with Crippen molar-refractivity contribution >= 4 is 34.9 Å². The zero-order valence-corrected chi connectivity index (χ0v) is 18.0. The number of nitrogens with one attached hydrogen (secondary N) is 1. The van der Waals surface area contributed by atoms with Crippen LogP contribution in [0.2, 0.25) is 0 Å². The van der Waals surface area contributed by atoms with Crippen molar-refractivity contribution in [3.05, 3.63) is 42.5 Å².